The summed E-state index contributed by atoms with van der Waals surface area (Å²) in [6.07, 6.45) is 0.868. The van der Waals surface area contributed by atoms with E-state index in [1.54, 1.807) is 24.3 Å². The molecule has 0 spiro atoms. The number of fused-ring (bicyclic) bond motifs is 1. The van der Waals surface area contributed by atoms with Gasteiger partial charge in [0.15, 0.2) is 5.76 Å². The van der Waals surface area contributed by atoms with Crippen LogP contribution in [0.1, 0.15) is 22.8 Å². The van der Waals surface area contributed by atoms with Crippen LogP contribution in [0.4, 0.5) is 0 Å². The third-order valence-electron chi connectivity index (χ3n) is 4.49. The van der Waals surface area contributed by atoms with Gasteiger partial charge in [0.05, 0.1) is 16.3 Å². The molecular formula is C21H16ClNO3. The Morgan fingerprint density at radius 3 is 2.50 bits per heavy atom. The molecule has 4 nitrogen and oxygen atoms in total. The van der Waals surface area contributed by atoms with Crippen LogP contribution in [0.2, 0.25) is 5.02 Å². The Labute approximate surface area is 155 Å². The Kier molecular flexibility index (Phi) is 4.05. The van der Waals surface area contributed by atoms with Crippen molar-refractivity contribution in [1.82, 2.24) is 4.98 Å². The van der Waals surface area contributed by atoms with Crippen molar-refractivity contribution in [2.45, 2.75) is 13.3 Å². The quantitative estimate of drug-likeness (QED) is 0.465. The van der Waals surface area contributed by atoms with Crippen LogP contribution in [-0.2, 0) is 6.42 Å². The van der Waals surface area contributed by atoms with Crippen molar-refractivity contribution in [2.75, 3.05) is 0 Å². The molecule has 0 amide bonds. The van der Waals surface area contributed by atoms with E-state index in [-0.39, 0.29) is 5.56 Å². The average Bonchev–Trinajstić information content (AvgIpc) is 3.30. The first-order chi connectivity index (χ1) is 12.6. The molecule has 2 aromatic heterocycles. The van der Waals surface area contributed by atoms with Crippen molar-refractivity contribution >= 4 is 28.5 Å². The number of carboxylic acids is 1. The fourth-order valence-electron chi connectivity index (χ4n) is 3.06. The van der Waals surface area contributed by atoms with Crippen LogP contribution in [0.25, 0.3) is 33.7 Å². The third kappa shape index (κ3) is 2.78. The average molecular weight is 366 g/mol. The number of aryl methyl sites for hydroxylation is 1. The smallest absolute Gasteiger partial charge is 0.335 e. The molecule has 4 aromatic rings. The minimum Gasteiger partial charge on any atom is -0.478 e. The predicted octanol–water partition coefficient (Wildman–Crippen LogP) is 6.01. The van der Waals surface area contributed by atoms with Gasteiger partial charge in [-0.1, -0.05) is 36.7 Å². The van der Waals surface area contributed by atoms with Crippen LogP contribution < -0.4 is 0 Å². The lowest BCUT2D eigenvalue weighted by molar-refractivity contribution is 0.0697. The third-order valence-corrected chi connectivity index (χ3v) is 4.82. The van der Waals surface area contributed by atoms with E-state index in [1.165, 1.54) is 0 Å². The molecule has 130 valence electrons. The monoisotopic (exact) mass is 365 g/mol. The van der Waals surface area contributed by atoms with Gasteiger partial charge < -0.3 is 14.5 Å². The van der Waals surface area contributed by atoms with E-state index in [9.17, 15) is 4.79 Å². The van der Waals surface area contributed by atoms with Crippen molar-refractivity contribution < 1.29 is 14.3 Å². The lowest BCUT2D eigenvalue weighted by atomic mass is 10.1. The van der Waals surface area contributed by atoms with Crippen LogP contribution in [0.3, 0.4) is 0 Å². The number of carbonyl (C=O) groups is 1. The lowest BCUT2D eigenvalue weighted by Crippen LogP contribution is -1.94. The highest BCUT2D eigenvalue weighted by Gasteiger charge is 2.14. The summed E-state index contributed by atoms with van der Waals surface area (Å²) in [5, 5.41) is 10.6. The number of aromatic amines is 1. The number of rotatable bonds is 4. The second kappa shape index (κ2) is 6.39. The van der Waals surface area contributed by atoms with Gasteiger partial charge in [0, 0.05) is 11.1 Å². The van der Waals surface area contributed by atoms with E-state index in [1.807, 2.05) is 30.3 Å². The molecule has 2 N–H and O–H groups in total. The molecule has 5 heteroatoms. The zero-order valence-corrected chi connectivity index (χ0v) is 14.8. The van der Waals surface area contributed by atoms with Crippen LogP contribution >= 0.6 is 11.6 Å². The number of furan rings is 1. The van der Waals surface area contributed by atoms with E-state index in [0.29, 0.717) is 5.02 Å². The molecule has 2 aromatic carbocycles. The van der Waals surface area contributed by atoms with Crippen LogP contribution in [0, 0.1) is 0 Å². The number of carboxylic acid groups (broad SMARTS) is 1. The summed E-state index contributed by atoms with van der Waals surface area (Å²) < 4.78 is 6.06. The van der Waals surface area contributed by atoms with Crippen molar-refractivity contribution in [1.29, 1.82) is 0 Å². The lowest BCUT2D eigenvalue weighted by Gasteiger charge is -2.00. The van der Waals surface area contributed by atoms with Gasteiger partial charge in [-0.3, -0.25) is 0 Å². The predicted molar refractivity (Wildman–Crippen MR) is 103 cm³/mol. The van der Waals surface area contributed by atoms with Crippen LogP contribution in [-0.4, -0.2) is 16.1 Å². The van der Waals surface area contributed by atoms with E-state index >= 15 is 0 Å². The maximum absolute atomic E-state index is 11.0. The highest BCUT2D eigenvalue weighted by Crippen LogP contribution is 2.35. The molecule has 2 heterocycles. The Bertz CT molecular complexity index is 1110. The Hall–Kier alpha value is -2.98. The number of aromatic nitrogens is 1. The molecule has 0 aliphatic heterocycles. The van der Waals surface area contributed by atoms with Gasteiger partial charge in [0.25, 0.3) is 0 Å². The number of H-pyrrole nitrogens is 1. The van der Waals surface area contributed by atoms with E-state index in [4.69, 9.17) is 21.1 Å². The molecule has 0 atom stereocenters. The SMILES string of the molecule is CCc1ccc(Cl)c2cc(-c3ccc(-c4ccc(C(=O)O)cc4)[nH]3)oc12. The Morgan fingerprint density at radius 1 is 1.08 bits per heavy atom. The number of hydrogen-bond acceptors (Lipinski definition) is 2. The Balaban J connectivity index is 1.73. The summed E-state index contributed by atoms with van der Waals surface area (Å²) in [6.45, 7) is 2.08. The summed E-state index contributed by atoms with van der Waals surface area (Å²) in [7, 11) is 0. The molecular weight excluding hydrogens is 350 g/mol. The van der Waals surface area contributed by atoms with E-state index in [2.05, 4.69) is 11.9 Å². The molecule has 4 rings (SSSR count). The molecule has 0 bridgehead atoms. The number of halogens is 1. The van der Waals surface area contributed by atoms with Crippen molar-refractivity contribution in [2.24, 2.45) is 0 Å². The number of hydrogen-bond donors (Lipinski definition) is 2. The zero-order chi connectivity index (χ0) is 18.3. The maximum atomic E-state index is 11.0. The van der Waals surface area contributed by atoms with Gasteiger partial charge in [-0.05, 0) is 53.9 Å². The first-order valence-electron chi connectivity index (χ1n) is 8.31. The molecule has 0 aliphatic carbocycles. The van der Waals surface area contributed by atoms with Gasteiger partial charge >= 0.3 is 5.97 Å². The van der Waals surface area contributed by atoms with Gasteiger partial charge in [-0.2, -0.15) is 0 Å². The molecule has 0 unspecified atom stereocenters. The summed E-state index contributed by atoms with van der Waals surface area (Å²) in [6, 6.07) is 16.5. The summed E-state index contributed by atoms with van der Waals surface area (Å²) in [5.41, 5.74) is 4.84. The van der Waals surface area contributed by atoms with E-state index < -0.39 is 5.97 Å². The fourth-order valence-corrected chi connectivity index (χ4v) is 3.26. The maximum Gasteiger partial charge on any atom is 0.335 e. The minimum atomic E-state index is -0.936. The first-order valence-corrected chi connectivity index (χ1v) is 8.68. The summed E-state index contributed by atoms with van der Waals surface area (Å²) in [4.78, 5) is 14.3. The second-order valence-corrected chi connectivity index (χ2v) is 6.49. The van der Waals surface area contributed by atoms with Gasteiger partial charge in [0.1, 0.15) is 5.58 Å². The molecule has 0 fully saturated rings. The molecule has 0 radical (unpaired) electrons. The van der Waals surface area contributed by atoms with Crippen molar-refractivity contribution in [3.05, 3.63) is 70.7 Å². The second-order valence-electron chi connectivity index (χ2n) is 6.08. The number of nitrogens with one attached hydrogen (secondary N) is 1. The molecule has 0 saturated heterocycles. The van der Waals surface area contributed by atoms with E-state index in [0.717, 1.165) is 45.7 Å². The van der Waals surface area contributed by atoms with Gasteiger partial charge in [0.2, 0.25) is 0 Å². The zero-order valence-electron chi connectivity index (χ0n) is 14.0. The Morgan fingerprint density at radius 2 is 1.81 bits per heavy atom. The number of benzene rings is 2. The fraction of sp³-hybridized carbons (Fsp3) is 0.0952. The van der Waals surface area contributed by atoms with Crippen molar-refractivity contribution in [3.63, 3.8) is 0 Å². The van der Waals surface area contributed by atoms with Crippen LogP contribution in [0.5, 0.6) is 0 Å². The number of aromatic carboxylic acids is 1. The van der Waals surface area contributed by atoms with Crippen molar-refractivity contribution in [3.8, 4) is 22.7 Å². The summed E-state index contributed by atoms with van der Waals surface area (Å²) >= 11 is 6.31. The minimum absolute atomic E-state index is 0.263. The highest BCUT2D eigenvalue weighted by atomic mass is 35.5. The molecule has 0 aliphatic rings. The summed E-state index contributed by atoms with van der Waals surface area (Å²) in [5.74, 6) is -0.217. The largest absolute Gasteiger partial charge is 0.478 e. The van der Waals surface area contributed by atoms with Crippen LogP contribution in [0.15, 0.2) is 59.0 Å². The normalized spacial score (nSPS) is 11.2. The highest BCUT2D eigenvalue weighted by molar-refractivity contribution is 6.35. The van der Waals surface area contributed by atoms with Gasteiger partial charge in [-0.25, -0.2) is 4.79 Å². The molecule has 26 heavy (non-hydrogen) atoms. The first kappa shape index (κ1) is 16.5. The topological polar surface area (TPSA) is 66.2 Å². The molecule has 0 saturated carbocycles. The van der Waals surface area contributed by atoms with Gasteiger partial charge in [-0.15, -0.1) is 0 Å². The standard InChI is InChI=1S/C21H16ClNO3/c1-2-12-7-8-16(22)15-11-19(26-20(12)15)18-10-9-17(23-18)13-3-5-14(6-4-13)21(24)25/h3-11,23H,2H2,1H3,(H,24,25).